The van der Waals surface area contributed by atoms with E-state index in [9.17, 15) is 0 Å². The third-order valence-corrected chi connectivity index (χ3v) is 9.91. The molecule has 4 nitrogen and oxygen atoms in total. The SMILES string of the molecule is CCCCC/C=C\C/C=C\CCCCCCCC1OC(CCN(C)C)(CCN(C)C)OC1CCCCCCC/C=C\C/C=C\CCCCC. The predicted octanol–water partition coefficient (Wildman–Crippen LogP) is 13.0. The van der Waals surface area contributed by atoms with E-state index in [1.165, 1.54) is 128 Å². The van der Waals surface area contributed by atoms with E-state index < -0.39 is 5.79 Å². The molecule has 0 aromatic heterocycles. The van der Waals surface area contributed by atoms with Gasteiger partial charge in [0.1, 0.15) is 0 Å². The van der Waals surface area contributed by atoms with Gasteiger partial charge < -0.3 is 19.3 Å². The average Bonchev–Trinajstić information content (AvgIpc) is 3.43. The van der Waals surface area contributed by atoms with Crippen molar-refractivity contribution in [1.29, 1.82) is 0 Å². The van der Waals surface area contributed by atoms with Crippen LogP contribution in [0.15, 0.2) is 48.6 Å². The first-order chi connectivity index (χ1) is 23.9. The number of allylic oxidation sites excluding steroid dienone is 8. The minimum atomic E-state index is -0.433. The highest BCUT2D eigenvalue weighted by Crippen LogP contribution is 2.39. The molecule has 0 aliphatic carbocycles. The van der Waals surface area contributed by atoms with Crippen LogP contribution in [-0.4, -0.2) is 69.1 Å². The van der Waals surface area contributed by atoms with E-state index in [2.05, 4.69) is 100 Å². The molecule has 2 atom stereocenters. The second kappa shape index (κ2) is 32.7. The van der Waals surface area contributed by atoms with Crippen LogP contribution in [0.5, 0.6) is 0 Å². The summed E-state index contributed by atoms with van der Waals surface area (Å²) in [6.45, 7) is 6.54. The van der Waals surface area contributed by atoms with Crippen LogP contribution >= 0.6 is 0 Å². The quantitative estimate of drug-likeness (QED) is 0.0497. The highest BCUT2D eigenvalue weighted by atomic mass is 16.8. The summed E-state index contributed by atoms with van der Waals surface area (Å²) in [4.78, 5) is 4.54. The molecule has 0 aromatic rings. The molecule has 286 valence electrons. The summed E-state index contributed by atoms with van der Waals surface area (Å²) in [5.74, 6) is -0.433. The van der Waals surface area contributed by atoms with E-state index >= 15 is 0 Å². The van der Waals surface area contributed by atoms with Gasteiger partial charge in [0.2, 0.25) is 0 Å². The zero-order valence-corrected chi connectivity index (χ0v) is 33.8. The molecule has 1 saturated heterocycles. The Kier molecular flexibility index (Phi) is 30.6. The zero-order chi connectivity index (χ0) is 35.7. The Morgan fingerprint density at radius 1 is 0.429 bits per heavy atom. The van der Waals surface area contributed by atoms with Gasteiger partial charge >= 0.3 is 0 Å². The standard InChI is InChI=1S/C45H84N2O2/c1-7-9-11-13-15-17-19-21-23-25-27-29-31-33-35-37-43-44(49-45(48-43,39-41-46(3)4)40-42-47(5)6)38-36-34-32-30-28-26-24-22-20-18-16-14-12-10-8-2/h15-18,21-24,43-44H,7-14,19-20,25-42H2,1-6H3/b17-15-,18-16-,23-21-,24-22-. The Morgan fingerprint density at radius 3 is 1.10 bits per heavy atom. The highest BCUT2D eigenvalue weighted by molar-refractivity contribution is 4.94. The van der Waals surface area contributed by atoms with Crippen LogP contribution in [0.1, 0.15) is 181 Å². The lowest BCUT2D eigenvalue weighted by molar-refractivity contribution is -0.188. The van der Waals surface area contributed by atoms with Gasteiger partial charge in [-0.1, -0.05) is 140 Å². The fraction of sp³-hybridized carbons (Fsp3) is 0.822. The molecular weight excluding hydrogens is 601 g/mol. The van der Waals surface area contributed by atoms with Crippen molar-refractivity contribution in [2.45, 2.75) is 199 Å². The summed E-state index contributed by atoms with van der Waals surface area (Å²) in [7, 11) is 8.64. The monoisotopic (exact) mass is 685 g/mol. The van der Waals surface area contributed by atoms with E-state index in [1.54, 1.807) is 0 Å². The summed E-state index contributed by atoms with van der Waals surface area (Å²) in [6, 6.07) is 0. The Hall–Kier alpha value is -1.20. The second-order valence-electron chi connectivity index (χ2n) is 15.4. The summed E-state index contributed by atoms with van der Waals surface area (Å²) in [6.07, 6.45) is 51.7. The maximum absolute atomic E-state index is 6.95. The van der Waals surface area contributed by atoms with Crippen molar-refractivity contribution in [3.05, 3.63) is 48.6 Å². The average molecular weight is 685 g/mol. The van der Waals surface area contributed by atoms with E-state index in [-0.39, 0.29) is 12.2 Å². The number of hydrogen-bond acceptors (Lipinski definition) is 4. The molecule has 1 aliphatic heterocycles. The normalized spacial score (nSPS) is 18.3. The highest BCUT2D eigenvalue weighted by Gasteiger charge is 2.46. The summed E-state index contributed by atoms with van der Waals surface area (Å²) in [5.41, 5.74) is 0. The molecule has 4 heteroatoms. The lowest BCUT2D eigenvalue weighted by atomic mass is 9.99. The number of nitrogens with zero attached hydrogens (tertiary/aromatic N) is 2. The topological polar surface area (TPSA) is 24.9 Å². The van der Waals surface area contributed by atoms with Crippen LogP contribution in [0.25, 0.3) is 0 Å². The van der Waals surface area contributed by atoms with Gasteiger partial charge in [-0.3, -0.25) is 0 Å². The molecule has 49 heavy (non-hydrogen) atoms. The smallest absolute Gasteiger partial charge is 0.171 e. The summed E-state index contributed by atoms with van der Waals surface area (Å²) >= 11 is 0. The van der Waals surface area contributed by atoms with Crippen molar-refractivity contribution in [2.24, 2.45) is 0 Å². The molecule has 0 spiro atoms. The lowest BCUT2D eigenvalue weighted by Gasteiger charge is -2.31. The van der Waals surface area contributed by atoms with E-state index in [1.807, 2.05) is 0 Å². The zero-order valence-electron chi connectivity index (χ0n) is 33.8. The molecule has 0 saturated carbocycles. The maximum Gasteiger partial charge on any atom is 0.171 e. The van der Waals surface area contributed by atoms with Gasteiger partial charge in [0, 0.05) is 25.9 Å². The third-order valence-electron chi connectivity index (χ3n) is 9.91. The predicted molar refractivity (Wildman–Crippen MR) is 218 cm³/mol. The Balaban J connectivity index is 2.40. The van der Waals surface area contributed by atoms with Crippen LogP contribution in [0.3, 0.4) is 0 Å². The van der Waals surface area contributed by atoms with Gasteiger partial charge in [0.05, 0.1) is 12.2 Å². The first-order valence-electron chi connectivity index (χ1n) is 21.2. The van der Waals surface area contributed by atoms with Gasteiger partial charge in [-0.2, -0.15) is 0 Å². The molecule has 2 unspecified atom stereocenters. The van der Waals surface area contributed by atoms with Crippen molar-refractivity contribution in [3.8, 4) is 0 Å². The first-order valence-corrected chi connectivity index (χ1v) is 21.2. The van der Waals surface area contributed by atoms with Crippen molar-refractivity contribution in [2.75, 3.05) is 41.3 Å². The van der Waals surface area contributed by atoms with Crippen LogP contribution in [-0.2, 0) is 9.47 Å². The Morgan fingerprint density at radius 2 is 0.755 bits per heavy atom. The van der Waals surface area contributed by atoms with Gasteiger partial charge in [-0.25, -0.2) is 0 Å². The summed E-state index contributed by atoms with van der Waals surface area (Å²) in [5, 5.41) is 0. The second-order valence-corrected chi connectivity index (χ2v) is 15.4. The minimum Gasteiger partial charge on any atom is -0.344 e. The van der Waals surface area contributed by atoms with Gasteiger partial charge in [0.25, 0.3) is 0 Å². The van der Waals surface area contributed by atoms with E-state index in [0.717, 1.165) is 51.6 Å². The van der Waals surface area contributed by atoms with Gasteiger partial charge in [-0.05, 0) is 105 Å². The molecule has 0 N–H and O–H groups in total. The van der Waals surface area contributed by atoms with Crippen molar-refractivity contribution >= 4 is 0 Å². The number of unbranched alkanes of at least 4 members (excludes halogenated alkanes) is 16. The number of rotatable bonds is 34. The van der Waals surface area contributed by atoms with Crippen molar-refractivity contribution in [3.63, 3.8) is 0 Å². The van der Waals surface area contributed by atoms with Crippen LogP contribution in [0.2, 0.25) is 0 Å². The van der Waals surface area contributed by atoms with Gasteiger partial charge in [-0.15, -0.1) is 0 Å². The van der Waals surface area contributed by atoms with E-state index in [4.69, 9.17) is 9.47 Å². The molecule has 0 bridgehead atoms. The molecule has 1 aliphatic rings. The maximum atomic E-state index is 6.95. The fourth-order valence-electron chi connectivity index (χ4n) is 6.68. The van der Waals surface area contributed by atoms with Crippen LogP contribution in [0.4, 0.5) is 0 Å². The molecule has 0 aromatic carbocycles. The first kappa shape index (κ1) is 45.8. The Labute approximate surface area is 307 Å². The van der Waals surface area contributed by atoms with Crippen molar-refractivity contribution < 1.29 is 9.47 Å². The molecule has 1 heterocycles. The Bertz CT molecular complexity index is 762. The molecule has 0 radical (unpaired) electrons. The molecular formula is C45H84N2O2. The van der Waals surface area contributed by atoms with Gasteiger partial charge in [0.15, 0.2) is 5.79 Å². The lowest BCUT2D eigenvalue weighted by Crippen LogP contribution is -2.38. The molecule has 1 rings (SSSR count). The van der Waals surface area contributed by atoms with Crippen LogP contribution in [0, 0.1) is 0 Å². The fourth-order valence-corrected chi connectivity index (χ4v) is 6.68. The largest absolute Gasteiger partial charge is 0.344 e. The molecule has 1 fully saturated rings. The van der Waals surface area contributed by atoms with Crippen molar-refractivity contribution in [1.82, 2.24) is 9.80 Å². The van der Waals surface area contributed by atoms with E-state index in [0.29, 0.717) is 0 Å². The minimum absolute atomic E-state index is 0.244. The molecule has 0 amide bonds. The number of ether oxygens (including phenoxy) is 2. The van der Waals surface area contributed by atoms with Crippen LogP contribution < -0.4 is 0 Å². The summed E-state index contributed by atoms with van der Waals surface area (Å²) < 4.78 is 13.9. The number of hydrogen-bond donors (Lipinski definition) is 0. The third kappa shape index (κ3) is 27.2.